The fourth-order valence-corrected chi connectivity index (χ4v) is 3.22. The highest BCUT2D eigenvalue weighted by atomic mass is 16.5. The molecule has 0 bridgehead atoms. The van der Waals surface area contributed by atoms with Gasteiger partial charge in [-0.05, 0) is 50.5 Å². The molecule has 23 heavy (non-hydrogen) atoms. The average molecular weight is 325 g/mol. The molecule has 0 radical (unpaired) electrons. The molecular weight excluding hydrogens is 288 g/mol. The highest BCUT2D eigenvalue weighted by molar-refractivity contribution is 4.94. The van der Waals surface area contributed by atoms with Gasteiger partial charge in [-0.3, -0.25) is 0 Å². The Labute approximate surface area is 142 Å². The Balaban J connectivity index is 2.01. The Morgan fingerprint density at radius 3 is 2.26 bits per heavy atom. The summed E-state index contributed by atoms with van der Waals surface area (Å²) in [5.41, 5.74) is 0. The second kappa shape index (κ2) is 12.7. The lowest BCUT2D eigenvalue weighted by Crippen LogP contribution is -2.24. The standard InChI is InChI=1S/C20H36O3/c21-18-12-6-2-1-4-10-16-20(22,23)17-11-5-3-7-13-19-14-8-9-15-19/h3,7,10,16,19,21-23H,1-2,4-6,8-9,11-15,17-18H2/b7-3-,16-10?. The summed E-state index contributed by atoms with van der Waals surface area (Å²) in [5.74, 6) is -0.772. The average Bonchev–Trinajstić information content (AvgIpc) is 3.03. The first-order chi connectivity index (χ1) is 11.1. The monoisotopic (exact) mass is 324 g/mol. The van der Waals surface area contributed by atoms with Crippen molar-refractivity contribution >= 4 is 0 Å². The molecule has 0 heterocycles. The smallest absolute Gasteiger partial charge is 0.182 e. The molecule has 0 aromatic rings. The van der Waals surface area contributed by atoms with E-state index in [0.717, 1.165) is 50.9 Å². The Morgan fingerprint density at radius 2 is 1.52 bits per heavy atom. The third kappa shape index (κ3) is 11.5. The molecule has 0 aromatic heterocycles. The summed E-state index contributed by atoms with van der Waals surface area (Å²) in [6.45, 7) is 0.265. The number of allylic oxidation sites excluding steroid dienone is 3. The van der Waals surface area contributed by atoms with Crippen LogP contribution in [0.25, 0.3) is 0 Å². The number of hydrogen-bond donors (Lipinski definition) is 3. The number of rotatable bonds is 13. The Morgan fingerprint density at radius 1 is 0.826 bits per heavy atom. The molecule has 1 aliphatic rings. The van der Waals surface area contributed by atoms with Crippen molar-refractivity contribution in [1.82, 2.24) is 0 Å². The van der Waals surface area contributed by atoms with E-state index in [2.05, 4.69) is 12.2 Å². The molecule has 1 rings (SSSR count). The quantitative estimate of drug-likeness (QED) is 0.266. The second-order valence-electron chi connectivity index (χ2n) is 6.96. The summed E-state index contributed by atoms with van der Waals surface area (Å²) < 4.78 is 0. The zero-order chi connectivity index (χ0) is 16.8. The van der Waals surface area contributed by atoms with Crippen LogP contribution in [0.1, 0.15) is 83.5 Å². The van der Waals surface area contributed by atoms with Gasteiger partial charge < -0.3 is 15.3 Å². The van der Waals surface area contributed by atoms with Crippen LogP contribution in [0.2, 0.25) is 0 Å². The second-order valence-corrected chi connectivity index (χ2v) is 6.96. The highest BCUT2D eigenvalue weighted by Gasteiger charge is 2.17. The summed E-state index contributed by atoms with van der Waals surface area (Å²) in [5, 5.41) is 28.5. The SMILES string of the molecule is OCCCCCCC=CC(O)(O)CCC/C=C\CC1CCCC1. The van der Waals surface area contributed by atoms with Gasteiger partial charge in [-0.1, -0.05) is 56.8 Å². The lowest BCUT2D eigenvalue weighted by molar-refractivity contribution is -0.123. The van der Waals surface area contributed by atoms with Crippen molar-refractivity contribution in [2.75, 3.05) is 6.61 Å². The molecule has 0 unspecified atom stereocenters. The zero-order valence-electron chi connectivity index (χ0n) is 14.6. The minimum Gasteiger partial charge on any atom is -0.396 e. The summed E-state index contributed by atoms with van der Waals surface area (Å²) in [6.07, 6.45) is 21.6. The molecule has 134 valence electrons. The summed E-state index contributed by atoms with van der Waals surface area (Å²) in [6, 6.07) is 0. The predicted molar refractivity (Wildman–Crippen MR) is 96.0 cm³/mol. The van der Waals surface area contributed by atoms with Crippen molar-refractivity contribution in [3.8, 4) is 0 Å². The molecule has 1 saturated carbocycles. The van der Waals surface area contributed by atoms with Gasteiger partial charge in [0.05, 0.1) is 0 Å². The summed E-state index contributed by atoms with van der Waals surface area (Å²) in [4.78, 5) is 0. The van der Waals surface area contributed by atoms with Gasteiger partial charge in [0, 0.05) is 13.0 Å². The highest BCUT2D eigenvalue weighted by Crippen LogP contribution is 2.27. The molecule has 3 N–H and O–H groups in total. The molecule has 0 spiro atoms. The van der Waals surface area contributed by atoms with Crippen molar-refractivity contribution in [2.24, 2.45) is 5.92 Å². The van der Waals surface area contributed by atoms with E-state index in [4.69, 9.17) is 5.11 Å². The number of aliphatic hydroxyl groups is 3. The first-order valence-electron chi connectivity index (χ1n) is 9.52. The minimum absolute atomic E-state index is 0.265. The van der Waals surface area contributed by atoms with Crippen molar-refractivity contribution in [1.29, 1.82) is 0 Å². The molecule has 3 heteroatoms. The van der Waals surface area contributed by atoms with E-state index in [0.29, 0.717) is 6.42 Å². The molecule has 0 aromatic carbocycles. The fourth-order valence-electron chi connectivity index (χ4n) is 3.22. The van der Waals surface area contributed by atoms with Gasteiger partial charge in [0.1, 0.15) is 0 Å². The zero-order valence-corrected chi connectivity index (χ0v) is 14.6. The molecule has 0 atom stereocenters. The molecule has 0 aliphatic heterocycles. The maximum Gasteiger partial charge on any atom is 0.182 e. The van der Waals surface area contributed by atoms with Crippen LogP contribution in [-0.2, 0) is 0 Å². The van der Waals surface area contributed by atoms with Crippen LogP contribution in [0.15, 0.2) is 24.3 Å². The number of unbranched alkanes of at least 4 members (excludes halogenated alkanes) is 5. The topological polar surface area (TPSA) is 60.7 Å². The van der Waals surface area contributed by atoms with Crippen molar-refractivity contribution in [3.63, 3.8) is 0 Å². The van der Waals surface area contributed by atoms with Crippen LogP contribution < -0.4 is 0 Å². The first-order valence-corrected chi connectivity index (χ1v) is 9.52. The van der Waals surface area contributed by atoms with Gasteiger partial charge in [0.15, 0.2) is 5.79 Å². The Hall–Kier alpha value is -0.640. The van der Waals surface area contributed by atoms with E-state index in [1.807, 2.05) is 6.08 Å². The molecule has 1 fully saturated rings. The van der Waals surface area contributed by atoms with Gasteiger partial charge >= 0.3 is 0 Å². The maximum absolute atomic E-state index is 9.90. The van der Waals surface area contributed by atoms with Crippen LogP contribution in [-0.4, -0.2) is 27.7 Å². The lowest BCUT2D eigenvalue weighted by atomic mass is 10.0. The number of hydrogen-bond acceptors (Lipinski definition) is 3. The molecule has 1 aliphatic carbocycles. The lowest BCUT2D eigenvalue weighted by Gasteiger charge is -2.16. The minimum atomic E-state index is -1.66. The van der Waals surface area contributed by atoms with Crippen molar-refractivity contribution in [2.45, 2.75) is 89.3 Å². The molecular formula is C20H36O3. The van der Waals surface area contributed by atoms with Crippen LogP contribution in [0, 0.1) is 5.92 Å². The van der Waals surface area contributed by atoms with Crippen molar-refractivity contribution in [3.05, 3.63) is 24.3 Å². The van der Waals surface area contributed by atoms with E-state index in [-0.39, 0.29) is 6.61 Å². The normalized spacial score (nSPS) is 17.0. The third-order valence-corrected chi connectivity index (χ3v) is 4.69. The van der Waals surface area contributed by atoms with E-state index >= 15 is 0 Å². The van der Waals surface area contributed by atoms with Gasteiger partial charge in [0.25, 0.3) is 0 Å². The van der Waals surface area contributed by atoms with Crippen LogP contribution in [0.5, 0.6) is 0 Å². The van der Waals surface area contributed by atoms with Crippen molar-refractivity contribution < 1.29 is 15.3 Å². The van der Waals surface area contributed by atoms with E-state index < -0.39 is 5.79 Å². The molecule has 3 nitrogen and oxygen atoms in total. The van der Waals surface area contributed by atoms with E-state index in [1.54, 1.807) is 0 Å². The summed E-state index contributed by atoms with van der Waals surface area (Å²) in [7, 11) is 0. The third-order valence-electron chi connectivity index (χ3n) is 4.69. The largest absolute Gasteiger partial charge is 0.396 e. The molecule has 0 saturated heterocycles. The summed E-state index contributed by atoms with van der Waals surface area (Å²) >= 11 is 0. The van der Waals surface area contributed by atoms with Crippen LogP contribution in [0.4, 0.5) is 0 Å². The van der Waals surface area contributed by atoms with Gasteiger partial charge in [-0.25, -0.2) is 0 Å². The Kier molecular flexibility index (Phi) is 11.3. The van der Waals surface area contributed by atoms with Crippen LogP contribution >= 0.6 is 0 Å². The Bertz CT molecular complexity index is 328. The van der Waals surface area contributed by atoms with Crippen LogP contribution in [0.3, 0.4) is 0 Å². The van der Waals surface area contributed by atoms with E-state index in [9.17, 15) is 10.2 Å². The number of aliphatic hydroxyl groups excluding tert-OH is 1. The van der Waals surface area contributed by atoms with Gasteiger partial charge in [-0.15, -0.1) is 0 Å². The van der Waals surface area contributed by atoms with Gasteiger partial charge in [0.2, 0.25) is 0 Å². The first kappa shape index (κ1) is 20.4. The molecule has 0 amide bonds. The predicted octanol–water partition coefficient (Wildman–Crippen LogP) is 4.47. The van der Waals surface area contributed by atoms with Gasteiger partial charge in [-0.2, -0.15) is 0 Å². The maximum atomic E-state index is 9.90. The van der Waals surface area contributed by atoms with E-state index in [1.165, 1.54) is 38.2 Å². The fraction of sp³-hybridized carbons (Fsp3) is 0.800.